The van der Waals surface area contributed by atoms with Gasteiger partial charge in [0, 0.05) is 37.4 Å². The van der Waals surface area contributed by atoms with Crippen molar-refractivity contribution < 1.29 is 17.9 Å². The number of rotatable bonds is 4. The molecule has 0 aliphatic carbocycles. The number of benzene rings is 2. The summed E-state index contributed by atoms with van der Waals surface area (Å²) in [5, 5.41) is 0. The third-order valence-corrected chi connectivity index (χ3v) is 6.63. The van der Waals surface area contributed by atoms with Crippen molar-refractivity contribution in [3.63, 3.8) is 0 Å². The molecule has 0 spiro atoms. The molecular formula is C19H23N3O4S. The fourth-order valence-corrected chi connectivity index (χ4v) is 4.49. The quantitative estimate of drug-likeness (QED) is 0.804. The van der Waals surface area contributed by atoms with Crippen LogP contribution in [0.5, 0.6) is 5.75 Å². The molecule has 27 heavy (non-hydrogen) atoms. The molecule has 1 heterocycles. The number of ether oxygens (including phenoxy) is 1. The zero-order valence-electron chi connectivity index (χ0n) is 15.4. The lowest BCUT2D eigenvalue weighted by Gasteiger charge is -2.34. The minimum atomic E-state index is -3.60. The van der Waals surface area contributed by atoms with Crippen molar-refractivity contribution in [1.82, 2.24) is 9.21 Å². The number of hydrogen-bond donors (Lipinski definition) is 1. The molecule has 1 amide bonds. The van der Waals surface area contributed by atoms with E-state index in [9.17, 15) is 13.2 Å². The van der Waals surface area contributed by atoms with E-state index in [1.165, 1.54) is 23.5 Å². The number of hydrogen-bond acceptors (Lipinski definition) is 5. The highest BCUT2D eigenvalue weighted by Gasteiger charge is 2.30. The summed E-state index contributed by atoms with van der Waals surface area (Å²) in [6.07, 6.45) is 0. The third kappa shape index (κ3) is 3.91. The fourth-order valence-electron chi connectivity index (χ4n) is 3.07. The highest BCUT2D eigenvalue weighted by atomic mass is 32.2. The minimum Gasteiger partial charge on any atom is -0.497 e. The molecule has 3 rings (SSSR count). The number of carbonyl (C=O) groups excluding carboxylic acids is 1. The summed E-state index contributed by atoms with van der Waals surface area (Å²) >= 11 is 0. The first-order valence-corrected chi connectivity index (χ1v) is 10.1. The van der Waals surface area contributed by atoms with Gasteiger partial charge in [0.25, 0.3) is 5.91 Å². The number of methoxy groups -OCH3 is 1. The number of carbonyl (C=O) groups is 1. The standard InChI is InChI=1S/C19H23N3O4S/c1-14-3-4-15(20)13-18(14)19(23)21-9-11-22(12-10-21)27(24,25)17-7-5-16(26-2)6-8-17/h3-8,13H,9-12,20H2,1-2H3. The third-order valence-electron chi connectivity index (χ3n) is 4.72. The normalized spacial score (nSPS) is 15.6. The van der Waals surface area contributed by atoms with Crippen LogP contribution in [0.2, 0.25) is 0 Å². The summed E-state index contributed by atoms with van der Waals surface area (Å²) in [5.41, 5.74) is 7.73. The lowest BCUT2D eigenvalue weighted by Crippen LogP contribution is -2.50. The summed E-state index contributed by atoms with van der Waals surface area (Å²) in [7, 11) is -2.07. The predicted octanol–water partition coefficient (Wildman–Crippen LogP) is 1.73. The van der Waals surface area contributed by atoms with E-state index in [0.29, 0.717) is 30.1 Å². The fraction of sp³-hybridized carbons (Fsp3) is 0.316. The topological polar surface area (TPSA) is 92.9 Å². The second-order valence-corrected chi connectivity index (χ2v) is 8.38. The molecule has 1 aliphatic rings. The molecule has 0 atom stereocenters. The van der Waals surface area contributed by atoms with Gasteiger partial charge >= 0.3 is 0 Å². The molecule has 0 radical (unpaired) electrons. The SMILES string of the molecule is COc1ccc(S(=O)(=O)N2CCN(C(=O)c3cc(N)ccc3C)CC2)cc1. The van der Waals surface area contributed by atoms with Crippen molar-refractivity contribution in [3.8, 4) is 5.75 Å². The monoisotopic (exact) mass is 389 g/mol. The van der Waals surface area contributed by atoms with Gasteiger partial charge < -0.3 is 15.4 Å². The van der Waals surface area contributed by atoms with E-state index in [0.717, 1.165) is 5.56 Å². The smallest absolute Gasteiger partial charge is 0.254 e. The number of nitrogen functional groups attached to an aromatic ring is 1. The lowest BCUT2D eigenvalue weighted by molar-refractivity contribution is 0.0697. The maximum absolute atomic E-state index is 12.8. The predicted molar refractivity (Wildman–Crippen MR) is 103 cm³/mol. The van der Waals surface area contributed by atoms with Gasteiger partial charge in [0.1, 0.15) is 5.75 Å². The highest BCUT2D eigenvalue weighted by Crippen LogP contribution is 2.22. The molecule has 2 aromatic carbocycles. The molecule has 1 aliphatic heterocycles. The van der Waals surface area contributed by atoms with Crippen molar-refractivity contribution in [2.45, 2.75) is 11.8 Å². The Balaban J connectivity index is 1.70. The van der Waals surface area contributed by atoms with E-state index < -0.39 is 10.0 Å². The van der Waals surface area contributed by atoms with Gasteiger partial charge in [-0.3, -0.25) is 4.79 Å². The summed E-state index contributed by atoms with van der Waals surface area (Å²) in [5.74, 6) is 0.475. The van der Waals surface area contributed by atoms with Crippen LogP contribution >= 0.6 is 0 Å². The van der Waals surface area contributed by atoms with Gasteiger partial charge in [-0.25, -0.2) is 8.42 Å². The molecule has 1 fully saturated rings. The van der Waals surface area contributed by atoms with Crippen LogP contribution in [0.4, 0.5) is 5.69 Å². The molecule has 1 saturated heterocycles. The van der Waals surface area contributed by atoms with Crippen molar-refractivity contribution >= 4 is 21.6 Å². The van der Waals surface area contributed by atoms with Crippen LogP contribution in [0.25, 0.3) is 0 Å². The number of aryl methyl sites for hydroxylation is 1. The van der Waals surface area contributed by atoms with Gasteiger partial charge in [0.15, 0.2) is 0 Å². The van der Waals surface area contributed by atoms with Gasteiger partial charge in [0.05, 0.1) is 12.0 Å². The number of amides is 1. The molecule has 2 N–H and O–H groups in total. The van der Waals surface area contributed by atoms with Crippen LogP contribution in [-0.2, 0) is 10.0 Å². The Bertz CT molecular complexity index is 934. The Hall–Kier alpha value is -2.58. The first-order chi connectivity index (χ1) is 12.8. The summed E-state index contributed by atoms with van der Waals surface area (Å²) in [6.45, 7) is 3.03. The zero-order valence-corrected chi connectivity index (χ0v) is 16.2. The molecule has 0 saturated carbocycles. The Morgan fingerprint density at radius 3 is 2.26 bits per heavy atom. The minimum absolute atomic E-state index is 0.124. The summed E-state index contributed by atoms with van der Waals surface area (Å²) < 4.78 is 32.1. The average Bonchev–Trinajstić information content (AvgIpc) is 2.69. The molecule has 0 aromatic heterocycles. The molecule has 0 unspecified atom stereocenters. The first-order valence-electron chi connectivity index (χ1n) is 8.62. The number of piperazine rings is 1. The molecular weight excluding hydrogens is 366 g/mol. The first kappa shape index (κ1) is 19.2. The molecule has 0 bridgehead atoms. The zero-order chi connectivity index (χ0) is 19.6. The summed E-state index contributed by atoms with van der Waals surface area (Å²) in [6, 6.07) is 11.5. The largest absolute Gasteiger partial charge is 0.497 e. The van der Waals surface area contributed by atoms with Gasteiger partial charge in [-0.05, 0) is 48.9 Å². The molecule has 144 valence electrons. The van der Waals surface area contributed by atoms with Gasteiger partial charge in [-0.2, -0.15) is 4.31 Å². The van der Waals surface area contributed by atoms with E-state index in [4.69, 9.17) is 10.5 Å². The molecule has 8 heteroatoms. The van der Waals surface area contributed by atoms with Crippen LogP contribution in [0, 0.1) is 6.92 Å². The van der Waals surface area contributed by atoms with Crippen molar-refractivity contribution in [2.75, 3.05) is 39.0 Å². The van der Waals surface area contributed by atoms with E-state index >= 15 is 0 Å². The van der Waals surface area contributed by atoms with E-state index in [2.05, 4.69) is 0 Å². The number of sulfonamides is 1. The van der Waals surface area contributed by atoms with E-state index in [1.54, 1.807) is 29.2 Å². The van der Waals surface area contributed by atoms with Crippen LogP contribution in [0.1, 0.15) is 15.9 Å². The van der Waals surface area contributed by atoms with E-state index in [-0.39, 0.29) is 23.9 Å². The number of nitrogens with two attached hydrogens (primary N) is 1. The average molecular weight is 389 g/mol. The Morgan fingerprint density at radius 2 is 1.67 bits per heavy atom. The van der Waals surface area contributed by atoms with Gasteiger partial charge in [-0.1, -0.05) is 6.07 Å². The second-order valence-electron chi connectivity index (χ2n) is 6.45. The lowest BCUT2D eigenvalue weighted by atomic mass is 10.1. The van der Waals surface area contributed by atoms with Crippen molar-refractivity contribution in [3.05, 3.63) is 53.6 Å². The van der Waals surface area contributed by atoms with Crippen molar-refractivity contribution in [2.24, 2.45) is 0 Å². The Morgan fingerprint density at radius 1 is 1.04 bits per heavy atom. The molecule has 2 aromatic rings. The molecule has 7 nitrogen and oxygen atoms in total. The van der Waals surface area contributed by atoms with Gasteiger partial charge in [0.2, 0.25) is 10.0 Å². The summed E-state index contributed by atoms with van der Waals surface area (Å²) in [4.78, 5) is 14.6. The maximum atomic E-state index is 12.8. The Kier molecular flexibility index (Phi) is 5.38. The maximum Gasteiger partial charge on any atom is 0.254 e. The van der Waals surface area contributed by atoms with Crippen LogP contribution in [-0.4, -0.2) is 56.8 Å². The van der Waals surface area contributed by atoms with E-state index in [1.807, 2.05) is 13.0 Å². The Labute approximate surface area is 159 Å². The highest BCUT2D eigenvalue weighted by molar-refractivity contribution is 7.89. The number of nitrogens with zero attached hydrogens (tertiary/aromatic N) is 2. The second kappa shape index (κ2) is 7.58. The van der Waals surface area contributed by atoms with Crippen LogP contribution < -0.4 is 10.5 Å². The van der Waals surface area contributed by atoms with Crippen molar-refractivity contribution in [1.29, 1.82) is 0 Å². The van der Waals surface area contributed by atoms with Crippen LogP contribution in [0.3, 0.4) is 0 Å². The number of anilines is 1. The van der Waals surface area contributed by atoms with Gasteiger partial charge in [-0.15, -0.1) is 0 Å². The van der Waals surface area contributed by atoms with Crippen LogP contribution in [0.15, 0.2) is 47.4 Å².